The first kappa shape index (κ1) is 15.2. The summed E-state index contributed by atoms with van der Waals surface area (Å²) < 4.78 is 3.47. The first-order valence-corrected chi connectivity index (χ1v) is 7.58. The van der Waals surface area contributed by atoms with E-state index in [1.165, 1.54) is 0 Å². The van der Waals surface area contributed by atoms with Crippen LogP contribution in [0.4, 0.5) is 5.82 Å². The lowest BCUT2D eigenvalue weighted by molar-refractivity contribution is 0.102. The van der Waals surface area contributed by atoms with Crippen molar-refractivity contribution in [1.82, 2.24) is 24.4 Å². The zero-order valence-corrected chi connectivity index (χ0v) is 14.0. The average molecular weight is 312 g/mol. The number of amides is 1. The lowest BCUT2D eigenvalue weighted by Crippen LogP contribution is -2.14. The molecule has 120 valence electrons. The summed E-state index contributed by atoms with van der Waals surface area (Å²) in [5.74, 6) is 0.299. The number of carbonyl (C=O) groups excluding carboxylic acids is 1. The molecular weight excluding hydrogens is 292 g/mol. The second-order valence-corrected chi connectivity index (χ2v) is 5.69. The fraction of sp³-hybridized carbons (Fsp3) is 0.375. The molecule has 1 amide bonds. The van der Waals surface area contributed by atoms with E-state index in [0.29, 0.717) is 22.7 Å². The predicted molar refractivity (Wildman–Crippen MR) is 87.7 cm³/mol. The van der Waals surface area contributed by atoms with Crippen LogP contribution in [0.5, 0.6) is 0 Å². The van der Waals surface area contributed by atoms with Gasteiger partial charge in [0.1, 0.15) is 5.56 Å². The Morgan fingerprint density at radius 3 is 2.61 bits per heavy atom. The van der Waals surface area contributed by atoms with Crippen LogP contribution in [-0.4, -0.2) is 30.3 Å². The Labute approximate surface area is 134 Å². The van der Waals surface area contributed by atoms with Gasteiger partial charge in [0.15, 0.2) is 11.5 Å². The molecule has 0 aliphatic carbocycles. The van der Waals surface area contributed by atoms with E-state index in [2.05, 4.69) is 20.5 Å². The minimum atomic E-state index is -0.240. The second-order valence-electron chi connectivity index (χ2n) is 5.69. The van der Waals surface area contributed by atoms with Crippen molar-refractivity contribution in [3.05, 3.63) is 40.5 Å². The molecule has 0 saturated carbocycles. The summed E-state index contributed by atoms with van der Waals surface area (Å²) in [4.78, 5) is 17.2. The Balaban J connectivity index is 2.02. The third kappa shape index (κ3) is 2.58. The number of rotatable bonds is 3. The molecule has 0 radical (unpaired) electrons. The largest absolute Gasteiger partial charge is 0.305 e. The van der Waals surface area contributed by atoms with Gasteiger partial charge in [-0.25, -0.2) is 9.50 Å². The molecule has 7 nitrogen and oxygen atoms in total. The first-order valence-electron chi connectivity index (χ1n) is 7.58. The monoisotopic (exact) mass is 312 g/mol. The van der Waals surface area contributed by atoms with E-state index in [0.717, 1.165) is 23.5 Å². The molecule has 0 aromatic carbocycles. The molecule has 7 heteroatoms. The number of fused-ring (bicyclic) bond motifs is 1. The molecule has 1 N–H and O–H groups in total. The fourth-order valence-electron chi connectivity index (χ4n) is 2.77. The van der Waals surface area contributed by atoms with Crippen molar-refractivity contribution in [3.8, 4) is 0 Å². The number of hydrogen-bond acceptors (Lipinski definition) is 4. The minimum absolute atomic E-state index is 0.240. The quantitative estimate of drug-likeness (QED) is 0.804. The first-order chi connectivity index (χ1) is 10.9. The summed E-state index contributed by atoms with van der Waals surface area (Å²) in [6.07, 6.45) is 0.856. The zero-order chi connectivity index (χ0) is 16.7. The van der Waals surface area contributed by atoms with Gasteiger partial charge in [-0.2, -0.15) is 10.2 Å². The smallest absolute Gasteiger partial charge is 0.262 e. The zero-order valence-electron chi connectivity index (χ0n) is 14.0. The Kier molecular flexibility index (Phi) is 3.63. The van der Waals surface area contributed by atoms with E-state index >= 15 is 0 Å². The summed E-state index contributed by atoms with van der Waals surface area (Å²) in [6.45, 7) is 7.72. The van der Waals surface area contributed by atoms with E-state index in [-0.39, 0.29) is 5.91 Å². The highest BCUT2D eigenvalue weighted by molar-refractivity contribution is 6.08. The molecule has 0 bridgehead atoms. The molecular formula is C16H20N6O. The second kappa shape index (κ2) is 5.49. The standard InChI is InChI=1S/C16H20N6O/c1-6-12-8-13(20-21(12)5)18-16(23)14-11(4)19-22-10(3)7-9(2)17-15(14)22/h7-8H,6H2,1-5H3,(H,18,20,23). The van der Waals surface area contributed by atoms with Crippen LogP contribution >= 0.6 is 0 Å². The van der Waals surface area contributed by atoms with Crippen molar-refractivity contribution < 1.29 is 4.79 Å². The molecule has 0 saturated heterocycles. The molecule has 0 atom stereocenters. The molecule has 0 fully saturated rings. The van der Waals surface area contributed by atoms with Crippen molar-refractivity contribution >= 4 is 17.4 Å². The maximum atomic E-state index is 12.7. The topological polar surface area (TPSA) is 77.1 Å². The average Bonchev–Trinajstić information content (AvgIpc) is 2.98. The molecule has 0 spiro atoms. The van der Waals surface area contributed by atoms with Gasteiger partial charge in [0.05, 0.1) is 5.69 Å². The van der Waals surface area contributed by atoms with Gasteiger partial charge in [-0.05, 0) is 33.3 Å². The van der Waals surface area contributed by atoms with Crippen molar-refractivity contribution in [2.75, 3.05) is 5.32 Å². The number of anilines is 1. The molecule has 3 heterocycles. The van der Waals surface area contributed by atoms with Gasteiger partial charge in [-0.15, -0.1) is 0 Å². The molecule has 0 unspecified atom stereocenters. The van der Waals surface area contributed by atoms with Gasteiger partial charge < -0.3 is 5.32 Å². The van der Waals surface area contributed by atoms with Crippen LogP contribution < -0.4 is 5.32 Å². The van der Waals surface area contributed by atoms with Crippen LogP contribution in [0.3, 0.4) is 0 Å². The van der Waals surface area contributed by atoms with Crippen LogP contribution in [0.15, 0.2) is 12.1 Å². The fourth-order valence-corrected chi connectivity index (χ4v) is 2.77. The summed E-state index contributed by atoms with van der Waals surface area (Å²) in [7, 11) is 1.86. The third-order valence-corrected chi connectivity index (χ3v) is 3.88. The van der Waals surface area contributed by atoms with Gasteiger partial charge in [0.2, 0.25) is 0 Å². The molecule has 3 aromatic rings. The van der Waals surface area contributed by atoms with E-state index in [1.54, 1.807) is 9.20 Å². The Morgan fingerprint density at radius 1 is 1.22 bits per heavy atom. The third-order valence-electron chi connectivity index (χ3n) is 3.88. The maximum Gasteiger partial charge on any atom is 0.262 e. The molecule has 0 aliphatic heterocycles. The van der Waals surface area contributed by atoms with Crippen molar-refractivity contribution in [2.45, 2.75) is 34.1 Å². The number of carbonyl (C=O) groups is 1. The van der Waals surface area contributed by atoms with Gasteiger partial charge in [0, 0.05) is 30.2 Å². The van der Waals surface area contributed by atoms with E-state index < -0.39 is 0 Å². The highest BCUT2D eigenvalue weighted by Crippen LogP contribution is 2.18. The van der Waals surface area contributed by atoms with Crippen LogP contribution in [0, 0.1) is 20.8 Å². The van der Waals surface area contributed by atoms with Crippen LogP contribution in [-0.2, 0) is 13.5 Å². The van der Waals surface area contributed by atoms with E-state index in [4.69, 9.17) is 0 Å². The Morgan fingerprint density at radius 2 is 1.96 bits per heavy atom. The number of nitrogens with one attached hydrogen (secondary N) is 1. The van der Waals surface area contributed by atoms with Crippen molar-refractivity contribution in [3.63, 3.8) is 0 Å². The number of nitrogens with zero attached hydrogens (tertiary/aromatic N) is 5. The molecule has 23 heavy (non-hydrogen) atoms. The van der Waals surface area contributed by atoms with Crippen molar-refractivity contribution in [2.24, 2.45) is 7.05 Å². The number of hydrogen-bond donors (Lipinski definition) is 1. The van der Waals surface area contributed by atoms with Gasteiger partial charge in [0.25, 0.3) is 5.91 Å². The molecule has 3 aromatic heterocycles. The van der Waals surface area contributed by atoms with Crippen molar-refractivity contribution in [1.29, 1.82) is 0 Å². The molecule has 3 rings (SSSR count). The summed E-state index contributed by atoms with van der Waals surface area (Å²) >= 11 is 0. The minimum Gasteiger partial charge on any atom is -0.305 e. The van der Waals surface area contributed by atoms with Crippen LogP contribution in [0.25, 0.3) is 5.65 Å². The highest BCUT2D eigenvalue weighted by Gasteiger charge is 2.20. The number of aryl methyl sites for hydroxylation is 5. The van der Waals surface area contributed by atoms with Gasteiger partial charge in [-0.1, -0.05) is 6.92 Å². The predicted octanol–water partition coefficient (Wildman–Crippen LogP) is 2.20. The van der Waals surface area contributed by atoms with Gasteiger partial charge in [-0.3, -0.25) is 9.48 Å². The summed E-state index contributed by atoms with van der Waals surface area (Å²) in [6, 6.07) is 3.82. The normalized spacial score (nSPS) is 11.2. The highest BCUT2D eigenvalue weighted by atomic mass is 16.1. The summed E-state index contributed by atoms with van der Waals surface area (Å²) in [5.41, 5.74) is 4.57. The van der Waals surface area contributed by atoms with Crippen LogP contribution in [0.2, 0.25) is 0 Å². The van der Waals surface area contributed by atoms with Crippen LogP contribution in [0.1, 0.15) is 40.1 Å². The lowest BCUT2D eigenvalue weighted by atomic mass is 10.2. The SMILES string of the molecule is CCc1cc(NC(=O)c2c(C)nn3c(C)cc(C)nc23)nn1C. The lowest BCUT2D eigenvalue weighted by Gasteiger charge is -2.03. The van der Waals surface area contributed by atoms with E-state index in [1.807, 2.05) is 46.9 Å². The Bertz CT molecular complexity index is 905. The number of aromatic nitrogens is 5. The van der Waals surface area contributed by atoms with E-state index in [9.17, 15) is 4.79 Å². The molecule has 0 aliphatic rings. The maximum absolute atomic E-state index is 12.7. The van der Waals surface area contributed by atoms with Gasteiger partial charge >= 0.3 is 0 Å². The Hall–Kier alpha value is -2.70. The summed E-state index contributed by atoms with van der Waals surface area (Å²) in [5, 5.41) is 11.6.